The number of anilines is 1. The second-order valence-corrected chi connectivity index (χ2v) is 4.09. The van der Waals surface area contributed by atoms with Crippen LogP contribution in [0.25, 0.3) is 0 Å². The van der Waals surface area contributed by atoms with Crippen LogP contribution < -0.4 is 5.32 Å². The van der Waals surface area contributed by atoms with Gasteiger partial charge in [0.1, 0.15) is 5.69 Å². The summed E-state index contributed by atoms with van der Waals surface area (Å²) in [5, 5.41) is 10.9. The van der Waals surface area contributed by atoms with Crippen LogP contribution in [0.4, 0.5) is 18.9 Å². The van der Waals surface area contributed by atoms with Crippen molar-refractivity contribution < 1.29 is 13.2 Å². The molecule has 104 valence electrons. The van der Waals surface area contributed by atoms with E-state index >= 15 is 0 Å². The van der Waals surface area contributed by atoms with Crippen LogP contribution in [0.2, 0.25) is 0 Å². The van der Waals surface area contributed by atoms with Crippen molar-refractivity contribution in [1.82, 2.24) is 19.6 Å². The largest absolute Gasteiger partial charge is 0.433 e. The summed E-state index contributed by atoms with van der Waals surface area (Å²) in [6.07, 6.45) is -1.04. The number of alkyl halides is 3. The van der Waals surface area contributed by atoms with Gasteiger partial charge in [-0.3, -0.25) is 9.36 Å². The lowest BCUT2D eigenvalue weighted by Gasteiger charge is -2.07. The summed E-state index contributed by atoms with van der Waals surface area (Å²) in [4.78, 5) is 0. The van der Waals surface area contributed by atoms with E-state index in [2.05, 4.69) is 15.5 Å². The Labute approximate surface area is 108 Å². The summed E-state index contributed by atoms with van der Waals surface area (Å²) in [5.41, 5.74) is 0.359. The highest BCUT2D eigenvalue weighted by atomic mass is 19.4. The van der Waals surface area contributed by atoms with Crippen LogP contribution in [0.1, 0.15) is 18.3 Å². The highest BCUT2D eigenvalue weighted by Crippen LogP contribution is 2.29. The first-order valence-corrected chi connectivity index (χ1v) is 5.76. The lowest BCUT2D eigenvalue weighted by molar-refractivity contribution is -0.144. The number of rotatable bonds is 4. The lowest BCUT2D eigenvalue weighted by atomic mass is 10.3. The molecule has 1 N–H and O–H groups in total. The molecule has 0 unspecified atom stereocenters. The number of aromatic nitrogens is 4. The van der Waals surface area contributed by atoms with E-state index in [1.165, 1.54) is 0 Å². The maximum atomic E-state index is 12.7. The van der Waals surface area contributed by atoms with E-state index in [1.54, 1.807) is 31.0 Å². The van der Waals surface area contributed by atoms with Gasteiger partial charge < -0.3 is 5.32 Å². The van der Waals surface area contributed by atoms with Crippen molar-refractivity contribution in [2.24, 2.45) is 7.05 Å². The molecular formula is C11H14F3N5. The molecule has 0 amide bonds. The minimum atomic E-state index is -4.38. The molecule has 0 saturated carbocycles. The van der Waals surface area contributed by atoms with E-state index in [4.69, 9.17) is 0 Å². The molecule has 19 heavy (non-hydrogen) atoms. The smallest absolute Gasteiger partial charge is 0.377 e. The molecule has 0 aromatic carbocycles. The predicted octanol–water partition coefficient (Wildman–Crippen LogP) is 2.27. The number of aryl methyl sites for hydroxylation is 2. The molecule has 0 bridgehead atoms. The Morgan fingerprint density at radius 1 is 1.37 bits per heavy atom. The Hall–Kier alpha value is -1.99. The summed E-state index contributed by atoms with van der Waals surface area (Å²) in [6.45, 7) is 2.03. The van der Waals surface area contributed by atoms with Crippen molar-refractivity contribution in [1.29, 1.82) is 0 Å². The number of hydrogen-bond donors (Lipinski definition) is 1. The van der Waals surface area contributed by atoms with Crippen LogP contribution in [0.15, 0.2) is 18.5 Å². The fourth-order valence-corrected chi connectivity index (χ4v) is 1.73. The summed E-state index contributed by atoms with van der Waals surface area (Å²) >= 11 is 0. The molecule has 2 aromatic rings. The molecule has 0 saturated heterocycles. The molecule has 0 radical (unpaired) electrons. The van der Waals surface area contributed by atoms with Gasteiger partial charge in [0.25, 0.3) is 0 Å². The van der Waals surface area contributed by atoms with E-state index in [9.17, 15) is 13.2 Å². The van der Waals surface area contributed by atoms with E-state index in [-0.39, 0.29) is 13.1 Å². The third kappa shape index (κ3) is 3.07. The monoisotopic (exact) mass is 273 g/mol. The maximum Gasteiger partial charge on any atom is 0.433 e. The number of nitrogens with one attached hydrogen (secondary N) is 1. The quantitative estimate of drug-likeness (QED) is 0.929. The van der Waals surface area contributed by atoms with Gasteiger partial charge in [0.2, 0.25) is 0 Å². The molecule has 5 nitrogen and oxygen atoms in total. The molecule has 2 rings (SSSR count). The molecular weight excluding hydrogens is 259 g/mol. The summed E-state index contributed by atoms with van der Waals surface area (Å²) in [6, 6.07) is 1.06. The molecule has 0 aliphatic rings. The highest BCUT2D eigenvalue weighted by molar-refractivity contribution is 5.38. The van der Waals surface area contributed by atoms with Crippen LogP contribution in [0.3, 0.4) is 0 Å². The van der Waals surface area contributed by atoms with Crippen molar-refractivity contribution in [3.8, 4) is 0 Å². The average Bonchev–Trinajstić information content (AvgIpc) is 2.91. The topological polar surface area (TPSA) is 47.7 Å². The third-order valence-electron chi connectivity index (χ3n) is 2.60. The van der Waals surface area contributed by atoms with Crippen LogP contribution in [-0.2, 0) is 26.3 Å². The summed E-state index contributed by atoms with van der Waals surface area (Å²) < 4.78 is 40.7. The van der Waals surface area contributed by atoms with E-state index < -0.39 is 11.9 Å². The molecule has 2 aromatic heterocycles. The van der Waals surface area contributed by atoms with Crippen molar-refractivity contribution in [3.63, 3.8) is 0 Å². The van der Waals surface area contributed by atoms with Gasteiger partial charge in [-0.1, -0.05) is 0 Å². The van der Waals surface area contributed by atoms with Gasteiger partial charge in [-0.15, -0.1) is 0 Å². The van der Waals surface area contributed by atoms with Crippen LogP contribution in [-0.4, -0.2) is 19.6 Å². The second kappa shape index (κ2) is 4.94. The van der Waals surface area contributed by atoms with Gasteiger partial charge in [-0.25, -0.2) is 0 Å². The number of hydrogen-bond acceptors (Lipinski definition) is 3. The molecule has 0 aliphatic carbocycles. The molecule has 2 heterocycles. The standard InChI is InChI=1S/C11H14F3N5/c1-3-19-10(11(12,13)14)4-8(17-19)5-15-9-6-16-18(2)7-9/h4,6-7,15H,3,5H2,1-2H3. The Morgan fingerprint density at radius 3 is 2.58 bits per heavy atom. The van der Waals surface area contributed by atoms with Gasteiger partial charge in [0, 0.05) is 19.8 Å². The van der Waals surface area contributed by atoms with E-state index in [0.29, 0.717) is 5.69 Å². The fourth-order valence-electron chi connectivity index (χ4n) is 1.73. The lowest BCUT2D eigenvalue weighted by Crippen LogP contribution is -2.13. The highest BCUT2D eigenvalue weighted by Gasteiger charge is 2.35. The third-order valence-corrected chi connectivity index (χ3v) is 2.60. The summed E-state index contributed by atoms with van der Waals surface area (Å²) in [7, 11) is 1.76. The first-order chi connectivity index (χ1) is 8.90. The summed E-state index contributed by atoms with van der Waals surface area (Å²) in [5.74, 6) is 0. The van der Waals surface area contributed by atoms with Crippen LogP contribution in [0, 0.1) is 0 Å². The maximum absolute atomic E-state index is 12.7. The predicted molar refractivity (Wildman–Crippen MR) is 63.4 cm³/mol. The van der Waals surface area contributed by atoms with Crippen molar-refractivity contribution >= 4 is 5.69 Å². The van der Waals surface area contributed by atoms with Crippen LogP contribution in [0.5, 0.6) is 0 Å². The molecule has 0 spiro atoms. The SMILES string of the molecule is CCn1nc(CNc2cnn(C)c2)cc1C(F)(F)F. The minimum absolute atomic E-state index is 0.182. The van der Waals surface area contributed by atoms with Crippen LogP contribution >= 0.6 is 0 Å². The Bertz CT molecular complexity index is 555. The van der Waals surface area contributed by atoms with Crippen molar-refractivity contribution in [2.75, 3.05) is 5.32 Å². The minimum Gasteiger partial charge on any atom is -0.377 e. The zero-order chi connectivity index (χ0) is 14.0. The normalized spacial score (nSPS) is 11.8. The van der Waals surface area contributed by atoms with Gasteiger partial charge >= 0.3 is 6.18 Å². The molecule has 0 fully saturated rings. The van der Waals surface area contributed by atoms with Gasteiger partial charge in [-0.05, 0) is 13.0 Å². The van der Waals surface area contributed by atoms with Gasteiger partial charge in [0.15, 0.2) is 0 Å². The molecule has 8 heteroatoms. The first kappa shape index (κ1) is 13.4. The number of halogens is 3. The second-order valence-electron chi connectivity index (χ2n) is 4.09. The average molecular weight is 273 g/mol. The van der Waals surface area contributed by atoms with Crippen molar-refractivity contribution in [3.05, 3.63) is 29.8 Å². The van der Waals surface area contributed by atoms with Gasteiger partial charge in [0.05, 0.1) is 24.1 Å². The Kier molecular flexibility index (Phi) is 3.50. The van der Waals surface area contributed by atoms with E-state index in [1.807, 2.05) is 0 Å². The fraction of sp³-hybridized carbons (Fsp3) is 0.455. The van der Waals surface area contributed by atoms with Crippen molar-refractivity contribution in [2.45, 2.75) is 26.2 Å². The Balaban J connectivity index is 2.11. The zero-order valence-corrected chi connectivity index (χ0v) is 10.6. The number of nitrogens with zero attached hydrogens (tertiary/aromatic N) is 4. The Morgan fingerprint density at radius 2 is 2.11 bits per heavy atom. The van der Waals surface area contributed by atoms with Gasteiger partial charge in [-0.2, -0.15) is 23.4 Å². The zero-order valence-electron chi connectivity index (χ0n) is 10.6. The molecule has 0 aliphatic heterocycles. The molecule has 0 atom stereocenters. The first-order valence-electron chi connectivity index (χ1n) is 5.76. The van der Waals surface area contributed by atoms with E-state index in [0.717, 1.165) is 16.4 Å².